The van der Waals surface area contributed by atoms with Crippen molar-refractivity contribution in [3.8, 4) is 0 Å². The van der Waals surface area contributed by atoms with Crippen molar-refractivity contribution in [3.05, 3.63) is 11.6 Å². The molecular formula is C10H18BrCl. The molecule has 0 nitrogen and oxygen atoms in total. The second-order valence-corrected chi connectivity index (χ2v) is 3.87. The van der Waals surface area contributed by atoms with Crippen molar-refractivity contribution in [1.82, 2.24) is 0 Å². The molecule has 0 fully saturated rings. The van der Waals surface area contributed by atoms with Crippen LogP contribution in [0, 0.1) is 0 Å². The molecule has 0 unspecified atom stereocenters. The molecule has 0 spiro atoms. The molecule has 0 aliphatic rings. The second kappa shape index (κ2) is 9.60. The highest BCUT2D eigenvalue weighted by Crippen LogP contribution is 2.11. The number of halogens is 2. The lowest BCUT2D eigenvalue weighted by Crippen LogP contribution is -1.86. The maximum atomic E-state index is 5.62. The van der Waals surface area contributed by atoms with Gasteiger partial charge in [0.25, 0.3) is 0 Å². The van der Waals surface area contributed by atoms with Crippen LogP contribution in [0.3, 0.4) is 0 Å². The number of unbranched alkanes of at least 4 members (excludes halogenated alkanes) is 2. The van der Waals surface area contributed by atoms with E-state index in [1.165, 1.54) is 24.8 Å². The lowest BCUT2D eigenvalue weighted by molar-refractivity contribution is 0.802. The molecule has 0 rings (SSSR count). The van der Waals surface area contributed by atoms with Crippen molar-refractivity contribution in [2.24, 2.45) is 0 Å². The zero-order valence-corrected chi connectivity index (χ0v) is 10.1. The number of hydrogen-bond donors (Lipinski definition) is 0. The molecule has 2 heteroatoms. The van der Waals surface area contributed by atoms with Crippen molar-refractivity contribution in [2.45, 2.75) is 39.0 Å². The summed E-state index contributed by atoms with van der Waals surface area (Å²) in [6.45, 7) is 2.22. The summed E-state index contributed by atoms with van der Waals surface area (Å²) < 4.78 is 0. The fourth-order valence-corrected chi connectivity index (χ4v) is 1.67. The van der Waals surface area contributed by atoms with Gasteiger partial charge in [-0.15, -0.1) is 11.6 Å². The molecule has 0 N–H and O–H groups in total. The highest BCUT2D eigenvalue weighted by atomic mass is 79.9. The van der Waals surface area contributed by atoms with Crippen LogP contribution in [-0.2, 0) is 0 Å². The SMILES string of the molecule is CCCC/C=C(/CBr)CCCCl. The molecule has 0 aromatic heterocycles. The molecule has 12 heavy (non-hydrogen) atoms. The van der Waals surface area contributed by atoms with Crippen LogP contribution in [0.15, 0.2) is 11.6 Å². The van der Waals surface area contributed by atoms with Crippen LogP contribution in [0.5, 0.6) is 0 Å². The van der Waals surface area contributed by atoms with E-state index in [4.69, 9.17) is 11.6 Å². The van der Waals surface area contributed by atoms with Gasteiger partial charge in [0.15, 0.2) is 0 Å². The molecule has 0 heterocycles. The molecular weight excluding hydrogens is 235 g/mol. The summed E-state index contributed by atoms with van der Waals surface area (Å²) >= 11 is 9.11. The Morgan fingerprint density at radius 1 is 1.42 bits per heavy atom. The minimum Gasteiger partial charge on any atom is -0.127 e. The van der Waals surface area contributed by atoms with Crippen molar-refractivity contribution >= 4 is 27.5 Å². The summed E-state index contributed by atoms with van der Waals surface area (Å²) in [6.07, 6.45) is 8.41. The van der Waals surface area contributed by atoms with Crippen LogP contribution in [-0.4, -0.2) is 11.2 Å². The summed E-state index contributed by atoms with van der Waals surface area (Å²) in [5.41, 5.74) is 1.50. The van der Waals surface area contributed by atoms with Gasteiger partial charge in [-0.2, -0.15) is 0 Å². The first-order chi connectivity index (χ1) is 5.85. The van der Waals surface area contributed by atoms with E-state index in [-0.39, 0.29) is 0 Å². The standard InChI is InChI=1S/C10H18BrCl/c1-2-3-4-6-10(9-11)7-5-8-12/h6H,2-5,7-9H2,1H3/b10-6+. The third-order valence-corrected chi connectivity index (χ3v) is 2.78. The van der Waals surface area contributed by atoms with Crippen molar-refractivity contribution < 1.29 is 0 Å². The monoisotopic (exact) mass is 252 g/mol. The van der Waals surface area contributed by atoms with Gasteiger partial charge < -0.3 is 0 Å². The summed E-state index contributed by atoms with van der Waals surface area (Å²) in [7, 11) is 0. The molecule has 0 aliphatic carbocycles. The van der Waals surface area contributed by atoms with Crippen molar-refractivity contribution in [2.75, 3.05) is 11.2 Å². The predicted molar refractivity (Wildman–Crippen MR) is 61.4 cm³/mol. The largest absolute Gasteiger partial charge is 0.127 e. The van der Waals surface area contributed by atoms with E-state index in [0.29, 0.717) is 0 Å². The Balaban J connectivity index is 3.55. The number of rotatable bonds is 7. The Hall–Kier alpha value is 0.510. The van der Waals surface area contributed by atoms with Crippen molar-refractivity contribution in [3.63, 3.8) is 0 Å². The molecule has 0 saturated carbocycles. The van der Waals surface area contributed by atoms with E-state index in [0.717, 1.165) is 24.1 Å². The predicted octanol–water partition coefficient (Wildman–Crippen LogP) is 4.52. The van der Waals surface area contributed by atoms with E-state index in [2.05, 4.69) is 28.9 Å². The minimum atomic E-state index is 0.776. The Kier molecular flexibility index (Phi) is 10.0. The molecule has 0 aromatic carbocycles. The number of allylic oxidation sites excluding steroid dienone is 2. The van der Waals surface area contributed by atoms with Gasteiger partial charge in [-0.05, 0) is 19.3 Å². The first-order valence-electron chi connectivity index (χ1n) is 4.65. The Bertz CT molecular complexity index is 121. The zero-order chi connectivity index (χ0) is 9.23. The molecule has 0 saturated heterocycles. The van der Waals surface area contributed by atoms with Crippen LogP contribution >= 0.6 is 27.5 Å². The van der Waals surface area contributed by atoms with E-state index in [1.807, 2.05) is 0 Å². The van der Waals surface area contributed by atoms with E-state index >= 15 is 0 Å². The van der Waals surface area contributed by atoms with Gasteiger partial charge in [0.05, 0.1) is 0 Å². The van der Waals surface area contributed by atoms with Gasteiger partial charge in [-0.25, -0.2) is 0 Å². The van der Waals surface area contributed by atoms with E-state index in [9.17, 15) is 0 Å². The highest BCUT2D eigenvalue weighted by Gasteiger charge is 1.94. The Morgan fingerprint density at radius 2 is 2.17 bits per heavy atom. The molecule has 0 amide bonds. The average molecular weight is 254 g/mol. The summed E-state index contributed by atoms with van der Waals surface area (Å²) in [5, 5.41) is 1.01. The lowest BCUT2D eigenvalue weighted by Gasteiger charge is -2.01. The molecule has 0 radical (unpaired) electrons. The third-order valence-electron chi connectivity index (χ3n) is 1.79. The molecule has 0 aromatic rings. The summed E-state index contributed by atoms with van der Waals surface area (Å²) in [4.78, 5) is 0. The molecule has 0 aliphatic heterocycles. The van der Waals surface area contributed by atoms with Gasteiger partial charge >= 0.3 is 0 Å². The number of hydrogen-bond acceptors (Lipinski definition) is 0. The molecule has 0 bridgehead atoms. The van der Waals surface area contributed by atoms with Gasteiger partial charge in [0, 0.05) is 11.2 Å². The fourth-order valence-electron chi connectivity index (χ4n) is 1.03. The van der Waals surface area contributed by atoms with Crippen LogP contribution in [0.1, 0.15) is 39.0 Å². The first-order valence-corrected chi connectivity index (χ1v) is 6.30. The molecule has 72 valence electrons. The summed E-state index contributed by atoms with van der Waals surface area (Å²) in [5.74, 6) is 0.776. The zero-order valence-electron chi connectivity index (χ0n) is 7.78. The average Bonchev–Trinajstić information content (AvgIpc) is 2.11. The maximum absolute atomic E-state index is 5.62. The van der Waals surface area contributed by atoms with Gasteiger partial charge in [0.1, 0.15) is 0 Å². The minimum absolute atomic E-state index is 0.776. The second-order valence-electron chi connectivity index (χ2n) is 2.93. The quantitative estimate of drug-likeness (QED) is 0.356. The highest BCUT2D eigenvalue weighted by molar-refractivity contribution is 9.09. The number of alkyl halides is 2. The summed E-state index contributed by atoms with van der Waals surface area (Å²) in [6, 6.07) is 0. The molecule has 0 atom stereocenters. The van der Waals surface area contributed by atoms with E-state index in [1.54, 1.807) is 0 Å². The van der Waals surface area contributed by atoms with Gasteiger partial charge in [-0.3, -0.25) is 0 Å². The van der Waals surface area contributed by atoms with Crippen LogP contribution < -0.4 is 0 Å². The fraction of sp³-hybridized carbons (Fsp3) is 0.800. The normalized spacial score (nSPS) is 12.1. The van der Waals surface area contributed by atoms with Crippen LogP contribution in [0.2, 0.25) is 0 Å². The first kappa shape index (κ1) is 12.5. The van der Waals surface area contributed by atoms with Gasteiger partial charge in [0.2, 0.25) is 0 Å². The van der Waals surface area contributed by atoms with Crippen LogP contribution in [0.4, 0.5) is 0 Å². The Labute approximate surface area is 89.5 Å². The maximum Gasteiger partial charge on any atom is 0.0241 e. The topological polar surface area (TPSA) is 0 Å². The van der Waals surface area contributed by atoms with Crippen LogP contribution in [0.25, 0.3) is 0 Å². The van der Waals surface area contributed by atoms with E-state index < -0.39 is 0 Å². The van der Waals surface area contributed by atoms with Gasteiger partial charge in [-0.1, -0.05) is 47.3 Å². The van der Waals surface area contributed by atoms with Crippen molar-refractivity contribution in [1.29, 1.82) is 0 Å². The lowest BCUT2D eigenvalue weighted by atomic mass is 10.1. The Morgan fingerprint density at radius 3 is 2.67 bits per heavy atom. The third kappa shape index (κ3) is 7.17. The smallest absolute Gasteiger partial charge is 0.0241 e.